The molecule has 0 saturated heterocycles. The summed E-state index contributed by atoms with van der Waals surface area (Å²) in [6.45, 7) is 3.52. The van der Waals surface area contributed by atoms with Crippen molar-refractivity contribution in [3.8, 4) is 0 Å². The Morgan fingerprint density at radius 2 is 1.85 bits per heavy atom. The van der Waals surface area contributed by atoms with Gasteiger partial charge in [-0.3, -0.25) is 4.79 Å². The Labute approximate surface area is 122 Å². The molecule has 0 aliphatic rings. The molecule has 0 N–H and O–H groups in total. The molecule has 1 amide bonds. The monoisotopic (exact) mass is 355 g/mol. The molecular formula is C13H14BrF4NO. The number of carbonyl (C=O) groups excluding carboxylic acids is 1. The summed E-state index contributed by atoms with van der Waals surface area (Å²) in [6, 6.07) is 2.25. The molecule has 0 aliphatic heterocycles. The van der Waals surface area contributed by atoms with Gasteiger partial charge in [-0.15, -0.1) is 0 Å². The van der Waals surface area contributed by atoms with Crippen molar-refractivity contribution in [3.05, 3.63) is 35.1 Å². The van der Waals surface area contributed by atoms with Crippen LogP contribution in [-0.2, 0) is 6.18 Å². The molecule has 0 aromatic heterocycles. The van der Waals surface area contributed by atoms with Crippen molar-refractivity contribution >= 4 is 21.8 Å². The summed E-state index contributed by atoms with van der Waals surface area (Å²) in [5, 5.41) is 0.454. The van der Waals surface area contributed by atoms with Gasteiger partial charge in [0.25, 0.3) is 5.91 Å². The first-order valence-corrected chi connectivity index (χ1v) is 6.83. The van der Waals surface area contributed by atoms with Crippen LogP contribution in [0.4, 0.5) is 17.6 Å². The summed E-state index contributed by atoms with van der Waals surface area (Å²) in [4.78, 5) is 13.5. The van der Waals surface area contributed by atoms with Gasteiger partial charge in [-0.05, 0) is 32.0 Å². The zero-order chi connectivity index (χ0) is 15.7. The number of carbonyl (C=O) groups is 1. The van der Waals surface area contributed by atoms with Crippen molar-refractivity contribution in [1.82, 2.24) is 4.90 Å². The lowest BCUT2D eigenvalue weighted by Crippen LogP contribution is -2.46. The van der Waals surface area contributed by atoms with E-state index < -0.39 is 29.0 Å². The minimum absolute atomic E-state index is 0.199. The van der Waals surface area contributed by atoms with Crippen molar-refractivity contribution in [2.45, 2.75) is 25.6 Å². The maximum atomic E-state index is 13.2. The van der Waals surface area contributed by atoms with Gasteiger partial charge in [0.15, 0.2) is 0 Å². The fourth-order valence-corrected chi connectivity index (χ4v) is 1.81. The molecule has 0 atom stereocenters. The van der Waals surface area contributed by atoms with E-state index in [2.05, 4.69) is 15.9 Å². The number of benzene rings is 1. The predicted octanol–water partition coefficient (Wildman–Crippen LogP) is 4.09. The third-order valence-electron chi connectivity index (χ3n) is 3.06. The third-order valence-corrected chi connectivity index (χ3v) is 4.43. The molecule has 20 heavy (non-hydrogen) atoms. The van der Waals surface area contributed by atoms with Gasteiger partial charge in [0.2, 0.25) is 0 Å². The van der Waals surface area contributed by atoms with Crippen molar-refractivity contribution in [1.29, 1.82) is 0 Å². The van der Waals surface area contributed by atoms with Crippen LogP contribution in [0.5, 0.6) is 0 Å². The number of halogens is 5. The van der Waals surface area contributed by atoms with E-state index in [-0.39, 0.29) is 5.56 Å². The Kier molecular flexibility index (Phi) is 4.84. The van der Waals surface area contributed by atoms with E-state index in [4.69, 9.17) is 0 Å². The highest BCUT2D eigenvalue weighted by atomic mass is 79.9. The number of nitrogens with zero attached hydrogens (tertiary/aromatic N) is 1. The molecule has 0 spiro atoms. The first-order chi connectivity index (χ1) is 9.00. The van der Waals surface area contributed by atoms with Gasteiger partial charge in [-0.2, -0.15) is 13.2 Å². The molecule has 0 saturated carbocycles. The maximum absolute atomic E-state index is 13.2. The Morgan fingerprint density at radius 1 is 1.30 bits per heavy atom. The van der Waals surface area contributed by atoms with Crippen LogP contribution in [0.15, 0.2) is 18.2 Å². The molecular weight excluding hydrogens is 342 g/mol. The highest BCUT2D eigenvalue weighted by Crippen LogP contribution is 2.32. The first-order valence-electron chi connectivity index (χ1n) is 5.71. The molecule has 0 fully saturated rings. The molecule has 0 aliphatic carbocycles. The Morgan fingerprint density at radius 3 is 2.30 bits per heavy atom. The van der Waals surface area contributed by atoms with Gasteiger partial charge < -0.3 is 4.90 Å². The number of hydrogen-bond donors (Lipinski definition) is 0. The molecule has 0 bridgehead atoms. The zero-order valence-electron chi connectivity index (χ0n) is 11.2. The molecule has 1 aromatic rings. The molecule has 112 valence electrons. The van der Waals surface area contributed by atoms with Crippen molar-refractivity contribution < 1.29 is 22.4 Å². The van der Waals surface area contributed by atoms with Gasteiger partial charge >= 0.3 is 6.18 Å². The van der Waals surface area contributed by atoms with Crippen molar-refractivity contribution in [2.75, 3.05) is 12.4 Å². The summed E-state index contributed by atoms with van der Waals surface area (Å²) < 4.78 is 51.0. The number of amides is 1. The van der Waals surface area contributed by atoms with Gasteiger partial charge in [0.05, 0.1) is 5.56 Å². The summed E-state index contributed by atoms with van der Waals surface area (Å²) in [5.74, 6) is -1.99. The fourth-order valence-electron chi connectivity index (χ4n) is 1.43. The molecule has 1 rings (SSSR count). The first kappa shape index (κ1) is 16.9. The quantitative estimate of drug-likeness (QED) is 0.590. The molecule has 2 nitrogen and oxygen atoms in total. The predicted molar refractivity (Wildman–Crippen MR) is 71.4 cm³/mol. The van der Waals surface area contributed by atoms with Crippen molar-refractivity contribution in [2.24, 2.45) is 0 Å². The summed E-state index contributed by atoms with van der Waals surface area (Å²) in [6.07, 6.45) is -4.83. The Bertz CT molecular complexity index is 514. The highest BCUT2D eigenvalue weighted by Gasteiger charge is 2.35. The second kappa shape index (κ2) is 5.71. The average Bonchev–Trinajstić information content (AvgIpc) is 2.36. The van der Waals surface area contributed by atoms with Crippen LogP contribution in [-0.4, -0.2) is 28.7 Å². The minimum Gasteiger partial charge on any atom is -0.336 e. The topological polar surface area (TPSA) is 20.3 Å². The molecule has 0 unspecified atom stereocenters. The van der Waals surface area contributed by atoms with Gasteiger partial charge in [-0.25, -0.2) is 4.39 Å². The van der Waals surface area contributed by atoms with E-state index in [9.17, 15) is 22.4 Å². The largest absolute Gasteiger partial charge is 0.419 e. The van der Waals surface area contributed by atoms with Crippen LogP contribution < -0.4 is 0 Å². The van der Waals surface area contributed by atoms with Crippen molar-refractivity contribution in [3.63, 3.8) is 0 Å². The second-order valence-corrected chi connectivity index (χ2v) is 5.56. The highest BCUT2D eigenvalue weighted by molar-refractivity contribution is 9.09. The third kappa shape index (κ3) is 3.50. The number of rotatable bonds is 3. The van der Waals surface area contributed by atoms with Crippen LogP contribution in [0.1, 0.15) is 29.8 Å². The van der Waals surface area contributed by atoms with E-state index in [1.165, 1.54) is 11.9 Å². The lowest BCUT2D eigenvalue weighted by molar-refractivity contribution is -0.140. The van der Waals surface area contributed by atoms with E-state index in [1.54, 1.807) is 13.8 Å². The van der Waals surface area contributed by atoms with Crippen LogP contribution in [0.3, 0.4) is 0 Å². The normalized spacial score (nSPS) is 12.4. The number of hydrogen-bond acceptors (Lipinski definition) is 1. The molecule has 1 aromatic carbocycles. The maximum Gasteiger partial charge on any atom is 0.419 e. The van der Waals surface area contributed by atoms with E-state index in [0.29, 0.717) is 17.5 Å². The van der Waals surface area contributed by atoms with Crippen LogP contribution in [0, 0.1) is 5.82 Å². The fraction of sp³-hybridized carbons (Fsp3) is 0.462. The average molecular weight is 356 g/mol. The van der Waals surface area contributed by atoms with Crippen LogP contribution in [0.2, 0.25) is 0 Å². The Hall–Kier alpha value is -1.11. The summed E-state index contributed by atoms with van der Waals surface area (Å²) in [7, 11) is 1.49. The number of alkyl halides is 4. The van der Waals surface area contributed by atoms with Gasteiger partial charge in [0.1, 0.15) is 5.82 Å². The molecule has 7 heteroatoms. The van der Waals surface area contributed by atoms with Crippen LogP contribution in [0.25, 0.3) is 0 Å². The van der Waals surface area contributed by atoms with Crippen LogP contribution >= 0.6 is 15.9 Å². The Balaban J connectivity index is 3.19. The summed E-state index contributed by atoms with van der Waals surface area (Å²) in [5.41, 5.74) is -2.22. The minimum atomic E-state index is -4.83. The van der Waals surface area contributed by atoms with E-state index >= 15 is 0 Å². The van der Waals surface area contributed by atoms with Gasteiger partial charge in [0, 0.05) is 23.5 Å². The molecule has 0 heterocycles. The zero-order valence-corrected chi connectivity index (χ0v) is 12.8. The second-order valence-electron chi connectivity index (χ2n) is 5.00. The van der Waals surface area contributed by atoms with E-state index in [0.717, 1.165) is 6.07 Å². The standard InChI is InChI=1S/C13H14BrF4NO/c1-12(2,7-14)19(3)11(20)8-4-5-10(15)9(6-8)13(16,17)18/h4-6H,7H2,1-3H3. The smallest absolute Gasteiger partial charge is 0.336 e. The van der Waals surface area contributed by atoms with E-state index in [1.807, 2.05) is 0 Å². The lowest BCUT2D eigenvalue weighted by Gasteiger charge is -2.34. The van der Waals surface area contributed by atoms with Gasteiger partial charge in [-0.1, -0.05) is 15.9 Å². The lowest BCUT2D eigenvalue weighted by atomic mass is 10.0. The SMILES string of the molecule is CN(C(=O)c1ccc(F)c(C(F)(F)F)c1)C(C)(C)CBr. The summed E-state index contributed by atoms with van der Waals surface area (Å²) >= 11 is 3.24. The molecule has 0 radical (unpaired) electrons.